The zero-order chi connectivity index (χ0) is 27.2. The summed E-state index contributed by atoms with van der Waals surface area (Å²) in [6.07, 6.45) is 0. The Morgan fingerprint density at radius 3 is 2.16 bits per heavy atom. The van der Waals surface area contributed by atoms with Crippen LogP contribution in [0.5, 0.6) is 5.75 Å². The average molecular weight is 567 g/mol. The van der Waals surface area contributed by atoms with Crippen molar-refractivity contribution in [3.05, 3.63) is 106 Å². The van der Waals surface area contributed by atoms with Crippen LogP contribution in [0.1, 0.15) is 33.2 Å². The van der Waals surface area contributed by atoms with Crippen LogP contribution in [-0.4, -0.2) is 30.7 Å². The first kappa shape index (κ1) is 27.4. The minimum absolute atomic E-state index is 0.116. The number of nitrogens with one attached hydrogen (secondary N) is 1. The predicted molar refractivity (Wildman–Crippen MR) is 156 cm³/mol. The van der Waals surface area contributed by atoms with Crippen molar-refractivity contribution in [1.29, 1.82) is 0 Å². The van der Waals surface area contributed by atoms with Crippen LogP contribution in [0.25, 0.3) is 10.8 Å². The number of thiocarbonyl (C=S) groups is 1. The fourth-order valence-corrected chi connectivity index (χ4v) is 4.69. The van der Waals surface area contributed by atoms with E-state index in [-0.39, 0.29) is 18.3 Å². The van der Waals surface area contributed by atoms with E-state index in [0.717, 1.165) is 10.8 Å². The van der Waals surface area contributed by atoms with Gasteiger partial charge in [0.05, 0.1) is 31.4 Å². The molecule has 4 rings (SSSR count). The quantitative estimate of drug-likeness (QED) is 0.191. The molecule has 0 unspecified atom stereocenters. The summed E-state index contributed by atoms with van der Waals surface area (Å²) in [5, 5.41) is 5.67. The first-order valence-corrected chi connectivity index (χ1v) is 12.9. The summed E-state index contributed by atoms with van der Waals surface area (Å²) < 4.78 is 10.6. The van der Waals surface area contributed by atoms with Crippen LogP contribution in [0.2, 0.25) is 10.0 Å². The summed E-state index contributed by atoms with van der Waals surface area (Å²) >= 11 is 18.6. The molecule has 0 aliphatic carbocycles. The van der Waals surface area contributed by atoms with Crippen molar-refractivity contribution in [1.82, 2.24) is 5.32 Å². The highest BCUT2D eigenvalue weighted by Gasteiger charge is 2.21. The lowest BCUT2D eigenvalue weighted by Gasteiger charge is -2.27. The molecule has 0 saturated carbocycles. The van der Waals surface area contributed by atoms with Gasteiger partial charge in [-0.1, -0.05) is 53.5 Å². The molecule has 0 aliphatic rings. The molecule has 0 fully saturated rings. The highest BCUT2D eigenvalue weighted by Crippen LogP contribution is 2.29. The fourth-order valence-electron chi connectivity index (χ4n) is 3.91. The Morgan fingerprint density at radius 2 is 1.55 bits per heavy atom. The van der Waals surface area contributed by atoms with Crippen LogP contribution in [-0.2, 0) is 11.3 Å². The van der Waals surface area contributed by atoms with Crippen LogP contribution in [0, 0.1) is 0 Å². The van der Waals surface area contributed by atoms with Crippen LogP contribution in [0.3, 0.4) is 0 Å². The number of amides is 1. The molecule has 0 heterocycles. The number of anilines is 1. The van der Waals surface area contributed by atoms with Crippen LogP contribution in [0.4, 0.5) is 5.69 Å². The normalized spacial score (nSPS) is 10.6. The third kappa shape index (κ3) is 6.07. The number of carbonyl (C=O) groups is 2. The van der Waals surface area contributed by atoms with Crippen molar-refractivity contribution >= 4 is 68.9 Å². The molecule has 4 aromatic carbocycles. The third-order valence-corrected chi connectivity index (χ3v) is 6.88. The van der Waals surface area contributed by atoms with E-state index in [2.05, 4.69) is 5.32 Å². The molecule has 0 atom stereocenters. The molecule has 0 spiro atoms. The molecule has 0 radical (unpaired) electrons. The van der Waals surface area contributed by atoms with Gasteiger partial charge in [0.1, 0.15) is 5.75 Å². The summed E-state index contributed by atoms with van der Waals surface area (Å²) in [6.45, 7) is 2.18. The molecule has 1 amide bonds. The SMILES string of the molecule is CCOC(=O)c1ccc(N(Cc2c(Cl)cccc2Cl)C(=S)NC(=O)c2cc3ccccc3cc2OC)cc1. The van der Waals surface area contributed by atoms with Crippen molar-refractivity contribution in [2.75, 3.05) is 18.6 Å². The summed E-state index contributed by atoms with van der Waals surface area (Å²) in [5.74, 6) is -0.446. The Labute approximate surface area is 236 Å². The van der Waals surface area contributed by atoms with E-state index in [0.29, 0.717) is 38.2 Å². The van der Waals surface area contributed by atoms with Gasteiger partial charge in [-0.25, -0.2) is 4.79 Å². The lowest BCUT2D eigenvalue weighted by Crippen LogP contribution is -2.42. The van der Waals surface area contributed by atoms with Crippen molar-refractivity contribution in [2.24, 2.45) is 0 Å². The van der Waals surface area contributed by atoms with E-state index in [1.807, 2.05) is 30.3 Å². The Kier molecular flexibility index (Phi) is 8.84. The largest absolute Gasteiger partial charge is 0.496 e. The predicted octanol–water partition coefficient (Wildman–Crippen LogP) is 7.05. The highest BCUT2D eigenvalue weighted by molar-refractivity contribution is 7.80. The maximum Gasteiger partial charge on any atom is 0.338 e. The van der Waals surface area contributed by atoms with Gasteiger partial charge in [0.15, 0.2) is 5.11 Å². The second-order valence-corrected chi connectivity index (χ2v) is 9.41. The van der Waals surface area contributed by atoms with Gasteiger partial charge in [-0.15, -0.1) is 0 Å². The molecule has 194 valence electrons. The van der Waals surface area contributed by atoms with Crippen molar-refractivity contribution < 1.29 is 19.1 Å². The van der Waals surface area contributed by atoms with E-state index in [4.69, 9.17) is 44.9 Å². The molecule has 4 aromatic rings. The molecular weight excluding hydrogens is 543 g/mol. The van der Waals surface area contributed by atoms with Crippen molar-refractivity contribution in [3.63, 3.8) is 0 Å². The van der Waals surface area contributed by atoms with E-state index in [1.54, 1.807) is 60.4 Å². The van der Waals surface area contributed by atoms with Crippen LogP contribution >= 0.6 is 35.4 Å². The number of methoxy groups -OCH3 is 1. The van der Waals surface area contributed by atoms with E-state index < -0.39 is 11.9 Å². The summed E-state index contributed by atoms with van der Waals surface area (Å²) in [5.41, 5.74) is 1.97. The van der Waals surface area contributed by atoms with Gasteiger partial charge in [0.2, 0.25) is 0 Å². The molecule has 0 bridgehead atoms. The second kappa shape index (κ2) is 12.3. The Balaban J connectivity index is 1.67. The van der Waals surface area contributed by atoms with Gasteiger partial charge < -0.3 is 14.4 Å². The number of halogens is 2. The second-order valence-electron chi connectivity index (χ2n) is 8.21. The maximum atomic E-state index is 13.4. The zero-order valence-electron chi connectivity index (χ0n) is 20.7. The first-order chi connectivity index (χ1) is 18.3. The van der Waals surface area contributed by atoms with Gasteiger partial charge in [-0.05, 0) is 78.4 Å². The van der Waals surface area contributed by atoms with Crippen molar-refractivity contribution in [2.45, 2.75) is 13.5 Å². The number of hydrogen-bond acceptors (Lipinski definition) is 5. The Morgan fingerprint density at radius 1 is 0.921 bits per heavy atom. The number of ether oxygens (including phenoxy) is 2. The molecule has 38 heavy (non-hydrogen) atoms. The maximum absolute atomic E-state index is 13.4. The van der Waals surface area contributed by atoms with Crippen LogP contribution in [0.15, 0.2) is 78.9 Å². The molecule has 6 nitrogen and oxygen atoms in total. The minimum Gasteiger partial charge on any atom is -0.496 e. The molecule has 0 aliphatic heterocycles. The number of rotatable bonds is 7. The van der Waals surface area contributed by atoms with E-state index in [1.165, 1.54) is 7.11 Å². The molecule has 9 heteroatoms. The van der Waals surface area contributed by atoms with Gasteiger partial charge >= 0.3 is 5.97 Å². The molecule has 1 N–H and O–H groups in total. The Hall–Kier alpha value is -3.65. The average Bonchev–Trinajstić information content (AvgIpc) is 2.92. The summed E-state index contributed by atoms with van der Waals surface area (Å²) in [4.78, 5) is 27.2. The Bertz CT molecular complexity index is 1490. The molecular formula is C29H24Cl2N2O4S. The van der Waals surface area contributed by atoms with Gasteiger partial charge in [0.25, 0.3) is 5.91 Å². The van der Waals surface area contributed by atoms with Crippen molar-refractivity contribution in [3.8, 4) is 5.75 Å². The van der Waals surface area contributed by atoms with E-state index >= 15 is 0 Å². The fraction of sp³-hybridized carbons (Fsp3) is 0.138. The standard InChI is InChI=1S/C29H24Cl2N2O4S/c1-3-37-28(35)18-11-13-21(14-12-18)33(17-23-24(30)9-6-10-25(23)31)29(38)32-27(34)22-15-19-7-4-5-8-20(19)16-26(22)36-2/h4-16H,3,17H2,1-2H3,(H,32,34,38). The first-order valence-electron chi connectivity index (χ1n) is 11.7. The number of fused-ring (bicyclic) bond motifs is 1. The summed E-state index contributed by atoms with van der Waals surface area (Å²) in [6, 6.07) is 23.1. The lowest BCUT2D eigenvalue weighted by atomic mass is 10.1. The highest BCUT2D eigenvalue weighted by atomic mass is 35.5. The zero-order valence-corrected chi connectivity index (χ0v) is 23.0. The van der Waals surface area contributed by atoms with Crippen LogP contribution < -0.4 is 15.0 Å². The minimum atomic E-state index is -0.434. The lowest BCUT2D eigenvalue weighted by molar-refractivity contribution is 0.0526. The molecule has 0 aromatic heterocycles. The third-order valence-electron chi connectivity index (χ3n) is 5.85. The number of nitrogens with zero attached hydrogens (tertiary/aromatic N) is 1. The van der Waals surface area contributed by atoms with Gasteiger partial charge in [-0.2, -0.15) is 0 Å². The van der Waals surface area contributed by atoms with Gasteiger partial charge in [0, 0.05) is 21.3 Å². The van der Waals surface area contributed by atoms with Gasteiger partial charge in [-0.3, -0.25) is 10.1 Å². The number of hydrogen-bond donors (Lipinski definition) is 1. The monoisotopic (exact) mass is 566 g/mol. The number of benzene rings is 4. The topological polar surface area (TPSA) is 67.9 Å². The smallest absolute Gasteiger partial charge is 0.338 e. The number of esters is 1. The summed E-state index contributed by atoms with van der Waals surface area (Å²) in [7, 11) is 1.51. The van der Waals surface area contributed by atoms with E-state index in [9.17, 15) is 9.59 Å². The number of carbonyl (C=O) groups excluding carboxylic acids is 2. The molecule has 0 saturated heterocycles.